The number of hydrogen-bond donors (Lipinski definition) is 1. The van der Waals surface area contributed by atoms with Gasteiger partial charge >= 0.3 is 0 Å². The molecule has 124 valence electrons. The monoisotopic (exact) mass is 324 g/mol. The normalized spacial score (nSPS) is 15.7. The van der Waals surface area contributed by atoms with Crippen LogP contribution in [-0.2, 0) is 11.3 Å². The Balaban J connectivity index is 1.42. The summed E-state index contributed by atoms with van der Waals surface area (Å²) in [6, 6.07) is 7.75. The van der Waals surface area contributed by atoms with Gasteiger partial charge in [0, 0.05) is 43.9 Å². The number of hydrogen-bond acceptors (Lipinski definition) is 3. The molecule has 1 aliphatic heterocycles. The van der Waals surface area contributed by atoms with Crippen molar-refractivity contribution in [1.29, 1.82) is 0 Å². The summed E-state index contributed by atoms with van der Waals surface area (Å²) in [6.07, 6.45) is 9.49. The summed E-state index contributed by atoms with van der Waals surface area (Å²) in [5, 5.41) is 7.27. The van der Waals surface area contributed by atoms with Crippen LogP contribution in [0, 0.1) is 5.92 Å². The van der Waals surface area contributed by atoms with Gasteiger partial charge in [0.25, 0.3) is 5.91 Å². The number of carbonyl (C=O) groups is 1. The van der Waals surface area contributed by atoms with Gasteiger partial charge in [0.2, 0.25) is 0 Å². The molecule has 1 aliphatic rings. The predicted molar refractivity (Wildman–Crippen MR) is 91.1 cm³/mol. The molecule has 0 radical (unpaired) electrons. The highest BCUT2D eigenvalue weighted by atomic mass is 16.5. The second-order valence-electron chi connectivity index (χ2n) is 6.22. The van der Waals surface area contributed by atoms with Crippen molar-refractivity contribution in [2.75, 3.05) is 18.5 Å². The Morgan fingerprint density at radius 2 is 2.17 bits per heavy atom. The van der Waals surface area contributed by atoms with Crippen LogP contribution in [0.5, 0.6) is 0 Å². The molecule has 1 saturated heterocycles. The maximum atomic E-state index is 12.4. The van der Waals surface area contributed by atoms with Crippen molar-refractivity contribution in [3.63, 3.8) is 0 Å². The Morgan fingerprint density at radius 1 is 1.29 bits per heavy atom. The molecule has 0 unspecified atom stereocenters. The van der Waals surface area contributed by atoms with Gasteiger partial charge in [0.05, 0.1) is 17.4 Å². The van der Waals surface area contributed by atoms with Crippen LogP contribution in [0.25, 0.3) is 5.52 Å². The molecule has 6 nitrogen and oxygen atoms in total. The average Bonchev–Trinajstić information content (AvgIpc) is 3.22. The Hall–Kier alpha value is -2.60. The lowest BCUT2D eigenvalue weighted by Crippen LogP contribution is -2.20. The van der Waals surface area contributed by atoms with Gasteiger partial charge in [-0.05, 0) is 37.0 Å². The number of ether oxygens (including phenoxy) is 1. The number of nitrogens with zero attached hydrogens (tertiary/aromatic N) is 3. The van der Waals surface area contributed by atoms with E-state index in [1.807, 2.05) is 51.9 Å². The van der Waals surface area contributed by atoms with Gasteiger partial charge in [-0.3, -0.25) is 9.48 Å². The molecule has 3 aromatic heterocycles. The maximum absolute atomic E-state index is 12.4. The number of fused-ring (bicyclic) bond motifs is 1. The van der Waals surface area contributed by atoms with E-state index in [9.17, 15) is 4.79 Å². The van der Waals surface area contributed by atoms with Gasteiger partial charge in [0.15, 0.2) is 0 Å². The molecule has 6 heteroatoms. The van der Waals surface area contributed by atoms with E-state index in [1.165, 1.54) is 0 Å². The Kier molecular flexibility index (Phi) is 4.04. The van der Waals surface area contributed by atoms with Crippen LogP contribution in [0.2, 0.25) is 0 Å². The lowest BCUT2D eigenvalue weighted by molar-refractivity contribution is 0.0601. The number of aromatic nitrogens is 3. The summed E-state index contributed by atoms with van der Waals surface area (Å²) >= 11 is 0. The lowest BCUT2D eigenvalue weighted by Gasteiger charge is -2.21. The van der Waals surface area contributed by atoms with E-state index < -0.39 is 0 Å². The predicted octanol–water partition coefficient (Wildman–Crippen LogP) is 2.81. The average molecular weight is 324 g/mol. The first-order valence-corrected chi connectivity index (χ1v) is 8.26. The minimum atomic E-state index is -0.121. The van der Waals surface area contributed by atoms with E-state index in [-0.39, 0.29) is 5.91 Å². The number of carbonyl (C=O) groups excluding carboxylic acids is 1. The molecule has 0 atom stereocenters. The standard InChI is InChI=1S/C18H20N4O2/c23-18(15-9-17-3-1-2-6-21(17)12-15)20-16-10-19-22(13-16)11-14-4-7-24-8-5-14/h1-3,6,9-10,12-14H,4-5,7-8,11H2,(H,20,23). The van der Waals surface area contributed by atoms with Gasteiger partial charge < -0.3 is 14.5 Å². The maximum Gasteiger partial charge on any atom is 0.257 e. The number of pyridine rings is 1. The highest BCUT2D eigenvalue weighted by Crippen LogP contribution is 2.18. The van der Waals surface area contributed by atoms with Crippen molar-refractivity contribution in [1.82, 2.24) is 14.2 Å². The number of rotatable bonds is 4. The molecular weight excluding hydrogens is 304 g/mol. The number of anilines is 1. The molecule has 1 amide bonds. The van der Waals surface area contributed by atoms with Gasteiger partial charge in [-0.15, -0.1) is 0 Å². The van der Waals surface area contributed by atoms with Crippen LogP contribution >= 0.6 is 0 Å². The number of amides is 1. The fourth-order valence-corrected chi connectivity index (χ4v) is 3.10. The SMILES string of the molecule is O=C(Nc1cnn(CC2CCOCC2)c1)c1cc2ccccn2c1. The van der Waals surface area contributed by atoms with Crippen molar-refractivity contribution < 1.29 is 9.53 Å². The molecule has 0 spiro atoms. The first kappa shape index (κ1) is 15.0. The van der Waals surface area contributed by atoms with Crippen LogP contribution in [0.3, 0.4) is 0 Å². The quantitative estimate of drug-likeness (QED) is 0.803. The number of nitrogens with one attached hydrogen (secondary N) is 1. The summed E-state index contributed by atoms with van der Waals surface area (Å²) in [5.74, 6) is 0.475. The zero-order valence-electron chi connectivity index (χ0n) is 13.4. The molecule has 1 fully saturated rings. The third-order valence-electron chi connectivity index (χ3n) is 4.44. The molecular formula is C18H20N4O2. The van der Waals surface area contributed by atoms with E-state index in [0.717, 1.165) is 43.8 Å². The zero-order valence-corrected chi connectivity index (χ0v) is 13.4. The second kappa shape index (κ2) is 6.49. The minimum Gasteiger partial charge on any atom is -0.381 e. The van der Waals surface area contributed by atoms with E-state index in [1.54, 1.807) is 6.20 Å². The van der Waals surface area contributed by atoms with Crippen LogP contribution in [0.1, 0.15) is 23.2 Å². The fourth-order valence-electron chi connectivity index (χ4n) is 3.10. The van der Waals surface area contributed by atoms with E-state index >= 15 is 0 Å². The summed E-state index contributed by atoms with van der Waals surface area (Å²) in [7, 11) is 0. The molecule has 4 heterocycles. The molecule has 0 bridgehead atoms. The summed E-state index contributed by atoms with van der Waals surface area (Å²) < 4.78 is 9.22. The minimum absolute atomic E-state index is 0.121. The van der Waals surface area contributed by atoms with Gasteiger partial charge in [-0.2, -0.15) is 5.10 Å². The van der Waals surface area contributed by atoms with E-state index in [0.29, 0.717) is 11.5 Å². The van der Waals surface area contributed by atoms with Gasteiger partial charge in [0.1, 0.15) is 0 Å². The van der Waals surface area contributed by atoms with Crippen molar-refractivity contribution in [2.24, 2.45) is 5.92 Å². The van der Waals surface area contributed by atoms with Gasteiger partial charge in [-0.25, -0.2) is 0 Å². The highest BCUT2D eigenvalue weighted by molar-refractivity contribution is 6.05. The Morgan fingerprint density at radius 3 is 3.00 bits per heavy atom. The fraction of sp³-hybridized carbons (Fsp3) is 0.333. The van der Waals surface area contributed by atoms with Crippen molar-refractivity contribution in [3.8, 4) is 0 Å². The molecule has 24 heavy (non-hydrogen) atoms. The molecule has 0 aromatic carbocycles. The van der Waals surface area contributed by atoms with Crippen LogP contribution in [-0.4, -0.2) is 33.3 Å². The lowest BCUT2D eigenvalue weighted by atomic mass is 10.0. The molecule has 0 aliphatic carbocycles. The van der Waals surface area contributed by atoms with Crippen molar-refractivity contribution in [2.45, 2.75) is 19.4 Å². The second-order valence-corrected chi connectivity index (χ2v) is 6.22. The third-order valence-corrected chi connectivity index (χ3v) is 4.44. The first-order valence-electron chi connectivity index (χ1n) is 8.26. The molecule has 3 aromatic rings. The Labute approximate surface area is 140 Å². The summed E-state index contributed by atoms with van der Waals surface area (Å²) in [4.78, 5) is 12.4. The van der Waals surface area contributed by atoms with Crippen LogP contribution < -0.4 is 5.32 Å². The smallest absolute Gasteiger partial charge is 0.257 e. The third kappa shape index (κ3) is 3.19. The summed E-state index contributed by atoms with van der Waals surface area (Å²) in [5.41, 5.74) is 2.36. The van der Waals surface area contributed by atoms with E-state index in [4.69, 9.17) is 4.74 Å². The molecule has 4 rings (SSSR count). The van der Waals surface area contributed by atoms with Gasteiger partial charge in [-0.1, -0.05) is 6.07 Å². The van der Waals surface area contributed by atoms with E-state index in [2.05, 4.69) is 10.4 Å². The zero-order chi connectivity index (χ0) is 16.4. The van der Waals surface area contributed by atoms with Crippen molar-refractivity contribution >= 4 is 17.1 Å². The van der Waals surface area contributed by atoms with Crippen LogP contribution in [0.4, 0.5) is 5.69 Å². The largest absolute Gasteiger partial charge is 0.381 e. The Bertz CT molecular complexity index is 812. The highest BCUT2D eigenvalue weighted by Gasteiger charge is 2.15. The van der Waals surface area contributed by atoms with Crippen molar-refractivity contribution in [3.05, 3.63) is 54.6 Å². The molecule has 1 N–H and O–H groups in total. The first-order chi connectivity index (χ1) is 11.8. The molecule has 0 saturated carbocycles. The summed E-state index contributed by atoms with van der Waals surface area (Å²) in [6.45, 7) is 2.53. The van der Waals surface area contributed by atoms with Crippen LogP contribution in [0.15, 0.2) is 49.1 Å². The topological polar surface area (TPSA) is 60.6 Å².